The maximum atomic E-state index is 11.5. The number of nitrogens with zero attached hydrogens (tertiary/aromatic N) is 1. The van der Waals surface area contributed by atoms with Gasteiger partial charge in [0.1, 0.15) is 5.75 Å². The van der Waals surface area contributed by atoms with Crippen molar-refractivity contribution in [3.8, 4) is 5.75 Å². The standard InChI is InChI=1S/C13H14N2O3/c16-9-3-4-12-10(7-9)11(15-18-12)5-6-14-13(17)8-1-2-8/h3-4,7-8,16H,1-2,5-6H2,(H,14,17). The second-order valence-electron chi connectivity index (χ2n) is 4.63. The summed E-state index contributed by atoms with van der Waals surface area (Å²) in [5.41, 5.74) is 1.41. The third-order valence-electron chi connectivity index (χ3n) is 3.14. The van der Waals surface area contributed by atoms with E-state index < -0.39 is 0 Å². The third-order valence-corrected chi connectivity index (χ3v) is 3.14. The van der Waals surface area contributed by atoms with Crippen LogP contribution in [0.4, 0.5) is 0 Å². The number of hydrogen-bond acceptors (Lipinski definition) is 4. The van der Waals surface area contributed by atoms with Gasteiger partial charge in [-0.2, -0.15) is 0 Å². The highest BCUT2D eigenvalue weighted by Crippen LogP contribution is 2.28. The number of phenols is 1. The van der Waals surface area contributed by atoms with E-state index in [2.05, 4.69) is 10.5 Å². The average molecular weight is 246 g/mol. The van der Waals surface area contributed by atoms with Gasteiger partial charge in [-0.1, -0.05) is 5.16 Å². The normalized spacial score (nSPS) is 14.9. The Kier molecular flexibility index (Phi) is 2.66. The van der Waals surface area contributed by atoms with Crippen LogP contribution in [-0.4, -0.2) is 22.7 Å². The first kappa shape index (κ1) is 11.1. The highest BCUT2D eigenvalue weighted by molar-refractivity contribution is 5.82. The second-order valence-corrected chi connectivity index (χ2v) is 4.63. The molecule has 0 unspecified atom stereocenters. The number of amides is 1. The fraction of sp³-hybridized carbons (Fsp3) is 0.385. The molecule has 0 aliphatic heterocycles. The molecular formula is C13H14N2O3. The van der Waals surface area contributed by atoms with Crippen molar-refractivity contribution in [2.45, 2.75) is 19.3 Å². The largest absolute Gasteiger partial charge is 0.508 e. The molecule has 0 radical (unpaired) electrons. The number of carbonyl (C=O) groups is 1. The lowest BCUT2D eigenvalue weighted by Gasteiger charge is -2.01. The average Bonchev–Trinajstić information content (AvgIpc) is 3.13. The Labute approximate surface area is 104 Å². The fourth-order valence-electron chi connectivity index (χ4n) is 1.95. The monoisotopic (exact) mass is 246 g/mol. The van der Waals surface area contributed by atoms with E-state index in [0.29, 0.717) is 18.5 Å². The molecule has 94 valence electrons. The molecule has 5 nitrogen and oxygen atoms in total. The molecule has 2 N–H and O–H groups in total. The molecule has 1 heterocycles. The Balaban J connectivity index is 1.66. The summed E-state index contributed by atoms with van der Waals surface area (Å²) in [6, 6.07) is 4.87. The molecule has 1 aromatic carbocycles. The topological polar surface area (TPSA) is 75.4 Å². The van der Waals surface area contributed by atoms with E-state index in [1.165, 1.54) is 0 Å². The minimum atomic E-state index is 0.130. The zero-order chi connectivity index (χ0) is 12.5. The predicted molar refractivity (Wildman–Crippen MR) is 65.1 cm³/mol. The number of phenolic OH excluding ortho intramolecular Hbond substituents is 1. The van der Waals surface area contributed by atoms with Crippen molar-refractivity contribution in [3.63, 3.8) is 0 Å². The van der Waals surface area contributed by atoms with Crippen molar-refractivity contribution >= 4 is 16.9 Å². The Bertz CT molecular complexity index is 587. The van der Waals surface area contributed by atoms with E-state index in [4.69, 9.17) is 4.52 Å². The van der Waals surface area contributed by atoms with Crippen molar-refractivity contribution < 1.29 is 14.4 Å². The van der Waals surface area contributed by atoms with Crippen LogP contribution in [0.1, 0.15) is 18.5 Å². The van der Waals surface area contributed by atoms with Crippen LogP contribution in [0, 0.1) is 5.92 Å². The minimum absolute atomic E-state index is 0.130. The highest BCUT2D eigenvalue weighted by atomic mass is 16.5. The van der Waals surface area contributed by atoms with E-state index in [9.17, 15) is 9.90 Å². The van der Waals surface area contributed by atoms with Crippen molar-refractivity contribution in [1.82, 2.24) is 10.5 Å². The molecule has 1 fully saturated rings. The molecule has 3 rings (SSSR count). The summed E-state index contributed by atoms with van der Waals surface area (Å²) in [4.78, 5) is 11.5. The maximum absolute atomic E-state index is 11.5. The van der Waals surface area contributed by atoms with Crippen LogP contribution in [0.5, 0.6) is 5.75 Å². The molecule has 2 aromatic rings. The predicted octanol–water partition coefficient (Wildman–Crippen LogP) is 1.60. The Morgan fingerprint density at radius 1 is 1.50 bits per heavy atom. The summed E-state index contributed by atoms with van der Waals surface area (Å²) < 4.78 is 5.15. The van der Waals surface area contributed by atoms with Gasteiger partial charge in [-0.25, -0.2) is 0 Å². The zero-order valence-electron chi connectivity index (χ0n) is 9.85. The number of fused-ring (bicyclic) bond motifs is 1. The van der Waals surface area contributed by atoms with Gasteiger partial charge in [0, 0.05) is 24.3 Å². The van der Waals surface area contributed by atoms with Gasteiger partial charge in [-0.15, -0.1) is 0 Å². The number of nitrogens with one attached hydrogen (secondary N) is 1. The van der Waals surface area contributed by atoms with Gasteiger partial charge in [0.2, 0.25) is 5.91 Å². The zero-order valence-corrected chi connectivity index (χ0v) is 9.85. The van der Waals surface area contributed by atoms with Crippen LogP contribution >= 0.6 is 0 Å². The number of rotatable bonds is 4. The van der Waals surface area contributed by atoms with E-state index in [1.54, 1.807) is 18.2 Å². The van der Waals surface area contributed by atoms with Crippen molar-refractivity contribution in [3.05, 3.63) is 23.9 Å². The summed E-state index contributed by atoms with van der Waals surface area (Å²) in [5, 5.41) is 17.1. The maximum Gasteiger partial charge on any atom is 0.223 e. The van der Waals surface area contributed by atoms with Gasteiger partial charge in [0.15, 0.2) is 5.58 Å². The Morgan fingerprint density at radius 3 is 3.11 bits per heavy atom. The van der Waals surface area contributed by atoms with Crippen molar-refractivity contribution in [2.75, 3.05) is 6.54 Å². The summed E-state index contributed by atoms with van der Waals surface area (Å²) in [7, 11) is 0. The molecule has 1 amide bonds. The van der Waals surface area contributed by atoms with Crippen LogP contribution in [0.3, 0.4) is 0 Å². The van der Waals surface area contributed by atoms with E-state index in [-0.39, 0.29) is 17.6 Å². The van der Waals surface area contributed by atoms with Gasteiger partial charge < -0.3 is 14.9 Å². The number of aromatic hydroxyl groups is 1. The summed E-state index contributed by atoms with van der Waals surface area (Å²) >= 11 is 0. The van der Waals surface area contributed by atoms with Gasteiger partial charge in [-0.05, 0) is 31.0 Å². The van der Waals surface area contributed by atoms with E-state index in [1.807, 2.05) is 0 Å². The second kappa shape index (κ2) is 4.33. The lowest BCUT2D eigenvalue weighted by molar-refractivity contribution is -0.122. The lowest BCUT2D eigenvalue weighted by Crippen LogP contribution is -2.27. The smallest absolute Gasteiger partial charge is 0.223 e. The molecule has 0 atom stereocenters. The van der Waals surface area contributed by atoms with Gasteiger partial charge in [-0.3, -0.25) is 4.79 Å². The molecular weight excluding hydrogens is 232 g/mol. The molecule has 0 saturated heterocycles. The van der Waals surface area contributed by atoms with Gasteiger partial charge >= 0.3 is 0 Å². The first-order valence-corrected chi connectivity index (χ1v) is 6.09. The van der Waals surface area contributed by atoms with E-state index in [0.717, 1.165) is 23.9 Å². The Hall–Kier alpha value is -2.04. The molecule has 0 bridgehead atoms. The molecule has 0 spiro atoms. The molecule has 1 aliphatic rings. The van der Waals surface area contributed by atoms with E-state index >= 15 is 0 Å². The quantitative estimate of drug-likeness (QED) is 0.859. The first-order chi connectivity index (χ1) is 8.74. The molecule has 1 aromatic heterocycles. The number of hydrogen-bond donors (Lipinski definition) is 2. The summed E-state index contributed by atoms with van der Waals surface area (Å²) in [5.74, 6) is 0.544. The van der Waals surface area contributed by atoms with Crippen molar-refractivity contribution in [1.29, 1.82) is 0 Å². The van der Waals surface area contributed by atoms with Crippen LogP contribution in [0.25, 0.3) is 11.0 Å². The molecule has 18 heavy (non-hydrogen) atoms. The van der Waals surface area contributed by atoms with Crippen LogP contribution < -0.4 is 5.32 Å². The van der Waals surface area contributed by atoms with Crippen molar-refractivity contribution in [2.24, 2.45) is 5.92 Å². The van der Waals surface area contributed by atoms with Crippen LogP contribution in [0.15, 0.2) is 22.7 Å². The SMILES string of the molecule is O=C(NCCc1noc2ccc(O)cc12)C1CC1. The lowest BCUT2D eigenvalue weighted by atomic mass is 10.1. The third kappa shape index (κ3) is 2.16. The summed E-state index contributed by atoms with van der Waals surface area (Å²) in [6.07, 6.45) is 2.62. The minimum Gasteiger partial charge on any atom is -0.508 e. The molecule has 1 saturated carbocycles. The number of benzene rings is 1. The molecule has 5 heteroatoms. The van der Waals surface area contributed by atoms with Crippen LogP contribution in [0.2, 0.25) is 0 Å². The Morgan fingerprint density at radius 2 is 2.33 bits per heavy atom. The first-order valence-electron chi connectivity index (χ1n) is 6.09. The highest BCUT2D eigenvalue weighted by Gasteiger charge is 2.29. The fourth-order valence-corrected chi connectivity index (χ4v) is 1.95. The molecule has 1 aliphatic carbocycles. The van der Waals surface area contributed by atoms with Gasteiger partial charge in [0.05, 0.1) is 5.69 Å². The van der Waals surface area contributed by atoms with Crippen LogP contribution in [-0.2, 0) is 11.2 Å². The number of aromatic nitrogens is 1. The summed E-state index contributed by atoms with van der Waals surface area (Å²) in [6.45, 7) is 0.548. The number of carbonyl (C=O) groups excluding carboxylic acids is 1. The van der Waals surface area contributed by atoms with Gasteiger partial charge in [0.25, 0.3) is 0 Å².